The van der Waals surface area contributed by atoms with Gasteiger partial charge in [-0.3, -0.25) is 9.97 Å². The number of rotatable bonds is 24. The van der Waals surface area contributed by atoms with Crippen LogP contribution in [0.3, 0.4) is 0 Å². The van der Waals surface area contributed by atoms with Crippen molar-refractivity contribution in [3.63, 3.8) is 0 Å². The molecule has 6 aromatic heterocycles. The van der Waals surface area contributed by atoms with Crippen molar-refractivity contribution in [2.75, 3.05) is 0 Å². The van der Waals surface area contributed by atoms with Crippen molar-refractivity contribution < 1.29 is 14.2 Å². The number of nitrogens with zero attached hydrogens (tertiary/aromatic N) is 13. The van der Waals surface area contributed by atoms with Crippen molar-refractivity contribution in [3.05, 3.63) is 492 Å². The van der Waals surface area contributed by atoms with Gasteiger partial charge in [0.15, 0.2) is 58.2 Å². The second-order valence-corrected chi connectivity index (χ2v) is 34.5. The Bertz CT molecular complexity index is 8630. The highest BCUT2D eigenvalue weighted by Crippen LogP contribution is 2.47. The van der Waals surface area contributed by atoms with E-state index in [1.807, 2.05) is 304 Å². The molecule has 0 unspecified atom stereocenters. The van der Waals surface area contributed by atoms with Crippen molar-refractivity contribution in [3.8, 4) is 238 Å². The number of hydrogen-bond acceptors (Lipinski definition) is 16. The standard InChI is InChI=1S/C127H81N13O3/c1-6-22-88(23-7-1)119-132-120(89-24-8-2-9-25-89)135-124(134-119)94-51-63-108(64-52-94)141-105-57-45-84(46-58-105)103-76-101(82-37-41-86(42-38-82)115-36-18-19-70-128-115)75-102(77-103)83-39-43-87(44-40-83)116-81-97(69-73-129-116)104-79-113(98-33-20-34-100(74-98)127-139-123(92-30-14-5-15-31-92)138-126(140-127)96-55-67-110(68-56-96)143-107-61-49-93(50-62-107)118-130-71-21-72-131-118)117-111-35-17-16-32-99(111)78-112(114(117)80-104)85-47-59-106(60-48-85)142-109-65-53-95(54-66-109)125-136-121(90-26-10-3-11-27-90)133-122(137-125)91-28-12-4-13-29-91/h1-81H. The summed E-state index contributed by atoms with van der Waals surface area (Å²) in [6.07, 6.45) is 7.21. The monoisotopic (exact) mass is 1840 g/mol. The van der Waals surface area contributed by atoms with Gasteiger partial charge in [-0.25, -0.2) is 54.8 Å². The van der Waals surface area contributed by atoms with Crippen LogP contribution in [0.5, 0.6) is 34.5 Å². The molecule has 0 bridgehead atoms. The number of hydrogen-bond donors (Lipinski definition) is 0. The van der Waals surface area contributed by atoms with Crippen LogP contribution in [0.15, 0.2) is 492 Å². The highest BCUT2D eigenvalue weighted by molar-refractivity contribution is 6.20. The first kappa shape index (κ1) is 86.2. The number of pyridine rings is 2. The molecule has 0 amide bonds. The third kappa shape index (κ3) is 18.7. The second kappa shape index (κ2) is 38.8. The van der Waals surface area contributed by atoms with Gasteiger partial charge in [-0.15, -0.1) is 0 Å². The lowest BCUT2D eigenvalue weighted by molar-refractivity contribution is 0.482. The minimum atomic E-state index is 0.508. The van der Waals surface area contributed by atoms with Crippen LogP contribution in [0.4, 0.5) is 0 Å². The summed E-state index contributed by atoms with van der Waals surface area (Å²) in [6.45, 7) is 0. The van der Waals surface area contributed by atoms with E-state index < -0.39 is 0 Å². The summed E-state index contributed by atoms with van der Waals surface area (Å²) in [5, 5.41) is 4.29. The van der Waals surface area contributed by atoms with Gasteiger partial charge in [-0.1, -0.05) is 273 Å². The van der Waals surface area contributed by atoms with E-state index in [0.717, 1.165) is 166 Å². The molecule has 0 fully saturated rings. The second-order valence-electron chi connectivity index (χ2n) is 34.5. The quantitative estimate of drug-likeness (QED) is 0.0518. The van der Waals surface area contributed by atoms with Gasteiger partial charge < -0.3 is 14.2 Å². The first-order valence-electron chi connectivity index (χ1n) is 47.1. The number of fused-ring (bicyclic) bond motifs is 3. The topological polar surface area (TPSA) is 195 Å². The molecule has 0 saturated carbocycles. The van der Waals surface area contributed by atoms with E-state index in [-0.39, 0.29) is 0 Å². The highest BCUT2D eigenvalue weighted by Gasteiger charge is 2.23. The van der Waals surface area contributed by atoms with Crippen LogP contribution >= 0.6 is 0 Å². The Balaban J connectivity index is 0.569. The van der Waals surface area contributed by atoms with Crippen LogP contribution in [0.1, 0.15) is 0 Å². The Kier molecular flexibility index (Phi) is 23.4. The average molecular weight is 1840 g/mol. The minimum Gasteiger partial charge on any atom is -0.457 e. The van der Waals surface area contributed by atoms with Crippen LogP contribution < -0.4 is 14.2 Å². The molecule has 0 atom stereocenters. The Labute approximate surface area is 824 Å². The lowest BCUT2D eigenvalue weighted by Gasteiger charge is -2.18. The highest BCUT2D eigenvalue weighted by atomic mass is 16.5. The summed E-state index contributed by atoms with van der Waals surface area (Å²) >= 11 is 0. The lowest BCUT2D eigenvalue weighted by atomic mass is 9.86. The van der Waals surface area contributed by atoms with Gasteiger partial charge >= 0.3 is 0 Å². The van der Waals surface area contributed by atoms with Crippen molar-refractivity contribution in [2.45, 2.75) is 0 Å². The molecule has 16 heteroatoms. The van der Waals surface area contributed by atoms with Crippen LogP contribution in [-0.4, -0.2) is 64.8 Å². The fourth-order valence-corrected chi connectivity index (χ4v) is 18.0. The van der Waals surface area contributed by atoms with Gasteiger partial charge in [-0.2, -0.15) is 0 Å². The maximum atomic E-state index is 6.70. The molecule has 6 heterocycles. The van der Waals surface area contributed by atoms with Gasteiger partial charge in [0, 0.05) is 91.5 Å². The maximum Gasteiger partial charge on any atom is 0.164 e. The van der Waals surface area contributed by atoms with Gasteiger partial charge in [0.05, 0.1) is 11.4 Å². The SMILES string of the molecule is c1ccc(-c2nc(-c3ccccc3)nc(-c3ccc(Oc4ccc(-c5cc(-c6ccc(-c7ccccn7)cc6)cc(-c6ccc(-c7cc(-c8cc(-c9cccc(-c%10nc(-c%11ccccc%11)nc(-c%11ccc(Oc%12ccc(-c%13ncccn%13)cc%12)cc%11)n%10)c9)c9c(c8)c(-c8ccc(Oc%10ccc(-c%11nc(-c%12ccccc%12)nc(-c%12ccccc%12)n%11)cc%10)cc8)cc8ccccc89)ccn7)cc6)c5)cc4)cc3)n2)cc1. The molecule has 18 aromatic carbocycles. The van der Waals surface area contributed by atoms with E-state index in [1.165, 1.54) is 0 Å². The molecule has 143 heavy (non-hydrogen) atoms. The van der Waals surface area contributed by atoms with Crippen molar-refractivity contribution in [1.82, 2.24) is 64.8 Å². The average Bonchev–Trinajstić information content (AvgIpc) is 0.731. The summed E-state index contributed by atoms with van der Waals surface area (Å²) in [6, 6.07) is 159. The molecule has 24 aromatic rings. The van der Waals surface area contributed by atoms with Gasteiger partial charge in [-0.05, 0) is 282 Å². The van der Waals surface area contributed by atoms with E-state index in [2.05, 4.69) is 185 Å². The normalized spacial score (nSPS) is 11.2. The van der Waals surface area contributed by atoms with Crippen LogP contribution in [0, 0.1) is 0 Å². The number of ether oxygens (including phenoxy) is 3. The molecule has 0 aliphatic carbocycles. The number of aromatic nitrogens is 13. The van der Waals surface area contributed by atoms with Crippen LogP contribution in [0.2, 0.25) is 0 Å². The van der Waals surface area contributed by atoms with Crippen molar-refractivity contribution in [1.29, 1.82) is 0 Å². The molecular formula is C127H81N13O3. The van der Waals surface area contributed by atoms with Crippen molar-refractivity contribution in [2.24, 2.45) is 0 Å². The fourth-order valence-electron chi connectivity index (χ4n) is 18.0. The molecule has 0 aliphatic rings. The zero-order valence-electron chi connectivity index (χ0n) is 76.8. The van der Waals surface area contributed by atoms with Crippen molar-refractivity contribution >= 4 is 21.5 Å². The molecule has 0 spiro atoms. The molecule has 0 aliphatic heterocycles. The largest absolute Gasteiger partial charge is 0.457 e. The first-order valence-corrected chi connectivity index (χ1v) is 47.1. The molecular weight excluding hydrogens is 1760 g/mol. The molecule has 24 rings (SSSR count). The minimum absolute atomic E-state index is 0.508. The predicted octanol–water partition coefficient (Wildman–Crippen LogP) is 31.5. The van der Waals surface area contributed by atoms with Crippen LogP contribution in [0.25, 0.3) is 225 Å². The smallest absolute Gasteiger partial charge is 0.164 e. The fraction of sp³-hybridized carbons (Fsp3) is 0. The summed E-state index contributed by atoms with van der Waals surface area (Å²) < 4.78 is 19.7. The van der Waals surface area contributed by atoms with E-state index in [9.17, 15) is 0 Å². The van der Waals surface area contributed by atoms with Gasteiger partial charge in [0.1, 0.15) is 34.5 Å². The summed E-state index contributed by atoms with van der Waals surface area (Å²) in [5.74, 6) is 9.73. The molecule has 672 valence electrons. The van der Waals surface area contributed by atoms with Crippen LogP contribution in [-0.2, 0) is 0 Å². The van der Waals surface area contributed by atoms with E-state index in [1.54, 1.807) is 18.5 Å². The molecule has 0 N–H and O–H groups in total. The molecule has 0 radical (unpaired) electrons. The molecule has 16 nitrogen and oxygen atoms in total. The Morgan fingerprint density at radius 3 is 0.825 bits per heavy atom. The number of benzene rings is 18. The summed E-state index contributed by atoms with van der Waals surface area (Å²) in [7, 11) is 0. The molecule has 0 saturated heterocycles. The van der Waals surface area contributed by atoms with E-state index >= 15 is 0 Å². The summed E-state index contributed by atoms with van der Waals surface area (Å²) in [4.78, 5) is 64.1. The Morgan fingerprint density at radius 1 is 0.133 bits per heavy atom. The lowest BCUT2D eigenvalue weighted by Crippen LogP contribution is -2.00. The Hall–Kier alpha value is -19.7. The van der Waals surface area contributed by atoms with E-state index in [4.69, 9.17) is 64.1 Å². The Morgan fingerprint density at radius 2 is 0.427 bits per heavy atom. The third-order valence-electron chi connectivity index (χ3n) is 25.3. The zero-order valence-corrected chi connectivity index (χ0v) is 76.8. The maximum absolute atomic E-state index is 6.70. The van der Waals surface area contributed by atoms with Gasteiger partial charge in [0.2, 0.25) is 0 Å². The predicted molar refractivity (Wildman–Crippen MR) is 570 cm³/mol. The first-order chi connectivity index (χ1) is 70.7. The van der Waals surface area contributed by atoms with Gasteiger partial charge in [0.25, 0.3) is 0 Å². The third-order valence-corrected chi connectivity index (χ3v) is 25.3. The van der Waals surface area contributed by atoms with E-state index in [0.29, 0.717) is 92.7 Å². The zero-order chi connectivity index (χ0) is 95.1. The summed E-state index contributed by atoms with van der Waals surface area (Å²) in [5.41, 5.74) is 24.6.